The molecule has 3 aliphatic rings. The molecule has 0 N–H and O–H groups in total. The fraction of sp³-hybridized carbons (Fsp3) is 0.795. The molecule has 268 valence electrons. The molecule has 0 aromatic rings. The molecule has 8 heteroatoms. The van der Waals surface area contributed by atoms with Crippen molar-refractivity contribution < 1.29 is 27.9 Å². The number of rotatable bonds is 13. The summed E-state index contributed by atoms with van der Waals surface area (Å²) in [4.78, 5) is 27.7. The van der Waals surface area contributed by atoms with E-state index in [4.69, 9.17) is 18.3 Å². The molecule has 0 aromatic carbocycles. The molecule has 8 atom stereocenters. The van der Waals surface area contributed by atoms with Crippen molar-refractivity contribution in [3.05, 3.63) is 36.5 Å². The Bertz CT molecular complexity index is 1160. The lowest BCUT2D eigenvalue weighted by Crippen LogP contribution is -2.58. The van der Waals surface area contributed by atoms with E-state index in [0.29, 0.717) is 25.7 Å². The van der Waals surface area contributed by atoms with Crippen molar-refractivity contribution in [2.75, 3.05) is 0 Å². The number of carbonyl (C=O) groups excluding carboxylic acids is 2. The zero-order valence-electron chi connectivity index (χ0n) is 32.1. The molecule has 0 amide bonds. The van der Waals surface area contributed by atoms with E-state index in [9.17, 15) is 9.59 Å². The molecule has 0 saturated carbocycles. The van der Waals surface area contributed by atoms with Gasteiger partial charge in [-0.05, 0) is 93.5 Å². The minimum absolute atomic E-state index is 0.0132. The van der Waals surface area contributed by atoms with Crippen LogP contribution in [0.15, 0.2) is 36.5 Å². The Morgan fingerprint density at radius 2 is 1.68 bits per heavy atom. The van der Waals surface area contributed by atoms with E-state index in [1.54, 1.807) is 0 Å². The first kappa shape index (κ1) is 39.9. The normalized spacial score (nSPS) is 31.8. The predicted molar refractivity (Wildman–Crippen MR) is 198 cm³/mol. The number of allylic oxidation sites excluding steroid dienone is 3. The van der Waals surface area contributed by atoms with E-state index >= 15 is 0 Å². The van der Waals surface area contributed by atoms with Gasteiger partial charge >= 0.3 is 11.9 Å². The van der Waals surface area contributed by atoms with Crippen molar-refractivity contribution in [1.29, 1.82) is 0 Å². The van der Waals surface area contributed by atoms with Crippen LogP contribution in [0.5, 0.6) is 0 Å². The third-order valence-electron chi connectivity index (χ3n) is 11.4. The fourth-order valence-corrected chi connectivity index (χ4v) is 10.6. The Hall–Kier alpha value is -1.49. The molecule has 1 heterocycles. The second-order valence-corrected chi connectivity index (χ2v) is 22.2. The van der Waals surface area contributed by atoms with Gasteiger partial charge in [0.05, 0.1) is 11.0 Å². The zero-order valence-corrected chi connectivity index (χ0v) is 34.4. The quantitative estimate of drug-likeness (QED) is 0.109. The molecule has 47 heavy (non-hydrogen) atoms. The van der Waals surface area contributed by atoms with Crippen LogP contribution in [0.4, 0.5) is 0 Å². The third kappa shape index (κ3) is 9.01. The Labute approximate surface area is 290 Å². The number of fused-ring (bicyclic) bond motifs is 1. The largest absolute Gasteiger partial charge is 0.461 e. The predicted octanol–water partition coefficient (Wildman–Crippen LogP) is 8.96. The molecule has 0 radical (unpaired) electrons. The van der Waals surface area contributed by atoms with Crippen molar-refractivity contribution in [2.24, 2.45) is 39.9 Å². The molecule has 0 bridgehead atoms. The van der Waals surface area contributed by atoms with Crippen molar-refractivity contribution in [3.8, 4) is 0 Å². The minimum Gasteiger partial charge on any atom is -0.461 e. The standard InChI is InChI=1S/C39H68O6Si2/c1-15-21-38(16-2,17-3)35(41)43-31-24-28(36(5,6)7)23-27-19-18-26(4)39(32(27)31,45-47(13)14)22-20-29-25-30(37(8,9)10)33(34(40)42-29)44-46(11)12/h15,18-19,23,26,28-33,46-47H,1,16-17,20-22,24-25H2,2-14H3/t26-,28+,29+,30-,31-,32+,33?,39-/m0/s1. The van der Waals surface area contributed by atoms with Crippen molar-refractivity contribution >= 4 is 30.0 Å². The number of hydrogen-bond acceptors (Lipinski definition) is 6. The number of hydrogen-bond donors (Lipinski definition) is 0. The van der Waals surface area contributed by atoms with Crippen LogP contribution in [-0.2, 0) is 27.9 Å². The molecule has 6 nitrogen and oxygen atoms in total. The summed E-state index contributed by atoms with van der Waals surface area (Å²) in [6.07, 6.45) is 12.8. The first-order valence-corrected chi connectivity index (χ1v) is 24.1. The van der Waals surface area contributed by atoms with Crippen molar-refractivity contribution in [1.82, 2.24) is 0 Å². The minimum atomic E-state index is -1.58. The van der Waals surface area contributed by atoms with Crippen molar-refractivity contribution in [2.45, 2.75) is 157 Å². The molecule has 0 spiro atoms. The number of carbonyl (C=O) groups is 2. The highest BCUT2D eigenvalue weighted by molar-refractivity contribution is 6.48. The van der Waals surface area contributed by atoms with Crippen LogP contribution in [0.25, 0.3) is 0 Å². The van der Waals surface area contributed by atoms with E-state index in [2.05, 4.69) is 113 Å². The maximum absolute atomic E-state index is 14.2. The van der Waals surface area contributed by atoms with Gasteiger partial charge in [0.1, 0.15) is 18.3 Å². The van der Waals surface area contributed by atoms with Gasteiger partial charge in [0.2, 0.25) is 0 Å². The molecule has 1 unspecified atom stereocenters. The van der Waals surface area contributed by atoms with Gasteiger partial charge < -0.3 is 18.3 Å². The summed E-state index contributed by atoms with van der Waals surface area (Å²) in [5.74, 6) is -0.00468. The van der Waals surface area contributed by atoms with Gasteiger partial charge in [0.15, 0.2) is 18.1 Å². The average Bonchev–Trinajstić information content (AvgIpc) is 2.96. The van der Waals surface area contributed by atoms with Crippen LogP contribution in [0.3, 0.4) is 0 Å². The highest BCUT2D eigenvalue weighted by Crippen LogP contribution is 2.53. The second kappa shape index (κ2) is 15.6. The molecular weight excluding hydrogens is 621 g/mol. The summed E-state index contributed by atoms with van der Waals surface area (Å²) in [5, 5.41) is 0. The Balaban J connectivity index is 2.06. The summed E-state index contributed by atoms with van der Waals surface area (Å²) < 4.78 is 26.5. The number of ether oxygens (including phenoxy) is 2. The summed E-state index contributed by atoms with van der Waals surface area (Å²) in [6.45, 7) is 32.5. The number of esters is 2. The van der Waals surface area contributed by atoms with Crippen LogP contribution in [0, 0.1) is 39.9 Å². The van der Waals surface area contributed by atoms with E-state index in [1.165, 1.54) is 5.57 Å². The first-order valence-electron chi connectivity index (χ1n) is 18.5. The van der Waals surface area contributed by atoms with Gasteiger partial charge in [-0.1, -0.05) is 86.6 Å². The van der Waals surface area contributed by atoms with Gasteiger partial charge in [0.25, 0.3) is 0 Å². The SMILES string of the molecule is C=CCC(CC)(CC)C(=O)O[C@H]1C[C@H](C(C)(C)C)C=C2C=C[C@H](C)[C@](CC[C@@H]3C[C@H](C(C)(C)C)C(O[SiH](C)C)C(=O)O3)(O[SiH](C)C)[C@H]21. The third-order valence-corrected chi connectivity index (χ3v) is 13.2. The van der Waals surface area contributed by atoms with E-state index < -0.39 is 35.2 Å². The van der Waals surface area contributed by atoms with Crippen molar-refractivity contribution in [3.63, 3.8) is 0 Å². The van der Waals surface area contributed by atoms with Gasteiger partial charge in [-0.2, -0.15) is 0 Å². The van der Waals surface area contributed by atoms with Crippen LogP contribution >= 0.6 is 0 Å². The maximum atomic E-state index is 14.2. The highest BCUT2D eigenvalue weighted by Gasteiger charge is 2.55. The monoisotopic (exact) mass is 688 g/mol. The van der Waals surface area contributed by atoms with Gasteiger partial charge in [0, 0.05) is 17.8 Å². The fourth-order valence-electron chi connectivity index (χ4n) is 8.36. The topological polar surface area (TPSA) is 71.1 Å². The van der Waals surface area contributed by atoms with Crippen LogP contribution in [0.1, 0.15) is 107 Å². The Morgan fingerprint density at radius 3 is 2.19 bits per heavy atom. The second-order valence-electron chi connectivity index (χ2n) is 17.5. The van der Waals surface area contributed by atoms with Gasteiger partial charge in [-0.25, -0.2) is 4.79 Å². The zero-order chi connectivity index (χ0) is 35.5. The summed E-state index contributed by atoms with van der Waals surface area (Å²) >= 11 is 0. The lowest BCUT2D eigenvalue weighted by Gasteiger charge is -2.54. The lowest BCUT2D eigenvalue weighted by atomic mass is 9.59. The maximum Gasteiger partial charge on any atom is 0.334 e. The molecule has 3 rings (SSSR count). The van der Waals surface area contributed by atoms with Crippen LogP contribution < -0.4 is 0 Å². The lowest BCUT2D eigenvalue weighted by molar-refractivity contribution is -0.181. The summed E-state index contributed by atoms with van der Waals surface area (Å²) in [6, 6.07) is 0. The number of cyclic esters (lactones) is 1. The van der Waals surface area contributed by atoms with Gasteiger partial charge in [-0.3, -0.25) is 4.79 Å². The van der Waals surface area contributed by atoms with E-state index in [-0.39, 0.29) is 58.6 Å². The summed E-state index contributed by atoms with van der Waals surface area (Å²) in [5.41, 5.74) is -0.0203. The van der Waals surface area contributed by atoms with E-state index in [1.807, 2.05) is 6.08 Å². The smallest absolute Gasteiger partial charge is 0.334 e. The Morgan fingerprint density at radius 1 is 1.04 bits per heavy atom. The molecule has 2 aliphatic carbocycles. The first-order chi connectivity index (χ1) is 21.7. The summed E-state index contributed by atoms with van der Waals surface area (Å²) in [7, 11) is -3.02. The molecule has 1 fully saturated rings. The van der Waals surface area contributed by atoms with Crippen LogP contribution in [-0.4, -0.2) is 53.9 Å². The van der Waals surface area contributed by atoms with Gasteiger partial charge in [-0.15, -0.1) is 6.58 Å². The molecular formula is C39H68O6Si2. The van der Waals surface area contributed by atoms with E-state index in [0.717, 1.165) is 19.3 Å². The highest BCUT2D eigenvalue weighted by atomic mass is 28.3. The molecule has 0 aromatic heterocycles. The van der Waals surface area contributed by atoms with Crippen LogP contribution in [0.2, 0.25) is 26.2 Å². The molecule has 1 saturated heterocycles. The Kier molecular flexibility index (Phi) is 13.3. The average molecular weight is 689 g/mol. The molecule has 1 aliphatic heterocycles.